The molecular formula is C18H25. The molecule has 3 aliphatic carbocycles. The van der Waals surface area contributed by atoms with E-state index in [1.807, 2.05) is 5.92 Å². The zero-order valence-electron chi connectivity index (χ0n) is 11.5. The molecule has 0 heteroatoms. The van der Waals surface area contributed by atoms with E-state index in [0.717, 1.165) is 5.92 Å². The monoisotopic (exact) mass is 241 g/mol. The van der Waals surface area contributed by atoms with Crippen LogP contribution < -0.4 is 0 Å². The summed E-state index contributed by atoms with van der Waals surface area (Å²) in [7, 11) is 0. The molecule has 0 bridgehead atoms. The molecule has 0 aliphatic heterocycles. The van der Waals surface area contributed by atoms with E-state index in [1.165, 1.54) is 64.2 Å². The second kappa shape index (κ2) is 5.91. The molecule has 1 fully saturated rings. The van der Waals surface area contributed by atoms with Crippen molar-refractivity contribution >= 4 is 0 Å². The van der Waals surface area contributed by atoms with Crippen LogP contribution in [0.1, 0.15) is 64.2 Å². The van der Waals surface area contributed by atoms with Crippen molar-refractivity contribution in [1.29, 1.82) is 0 Å². The topological polar surface area (TPSA) is 0 Å². The predicted octanol–water partition coefficient (Wildman–Crippen LogP) is 5.53. The first-order valence-corrected chi connectivity index (χ1v) is 7.86. The smallest absolute Gasteiger partial charge is 0.00766 e. The lowest BCUT2D eigenvalue weighted by Crippen LogP contribution is -2.22. The van der Waals surface area contributed by atoms with Crippen LogP contribution in [-0.2, 0) is 0 Å². The summed E-state index contributed by atoms with van der Waals surface area (Å²) in [5, 5.41) is 0. The van der Waals surface area contributed by atoms with Gasteiger partial charge in [-0.25, -0.2) is 0 Å². The Labute approximate surface area is 112 Å². The van der Waals surface area contributed by atoms with E-state index in [9.17, 15) is 0 Å². The minimum Gasteiger partial charge on any atom is -0.0847 e. The van der Waals surface area contributed by atoms with Crippen LogP contribution >= 0.6 is 0 Å². The Morgan fingerprint density at radius 1 is 0.889 bits per heavy atom. The third-order valence-corrected chi connectivity index (χ3v) is 4.81. The molecule has 3 rings (SSSR count). The molecule has 0 N–H and O–H groups in total. The molecule has 0 heterocycles. The molecule has 0 spiro atoms. The summed E-state index contributed by atoms with van der Waals surface area (Å²) in [6.07, 6.45) is 23.3. The average molecular weight is 241 g/mol. The Morgan fingerprint density at radius 2 is 1.83 bits per heavy atom. The van der Waals surface area contributed by atoms with Gasteiger partial charge >= 0.3 is 0 Å². The van der Waals surface area contributed by atoms with Gasteiger partial charge in [0, 0.05) is 5.92 Å². The van der Waals surface area contributed by atoms with Gasteiger partial charge in [0.1, 0.15) is 0 Å². The van der Waals surface area contributed by atoms with Crippen molar-refractivity contribution in [1.82, 2.24) is 0 Å². The molecule has 0 saturated heterocycles. The normalized spacial score (nSPS) is 29.9. The highest BCUT2D eigenvalue weighted by Crippen LogP contribution is 2.45. The van der Waals surface area contributed by atoms with Gasteiger partial charge in [0.05, 0.1) is 0 Å². The van der Waals surface area contributed by atoms with Gasteiger partial charge in [-0.1, -0.05) is 48.3 Å². The Kier molecular flexibility index (Phi) is 4.02. The quantitative estimate of drug-likeness (QED) is 0.596. The highest BCUT2D eigenvalue weighted by Gasteiger charge is 2.31. The van der Waals surface area contributed by atoms with Crippen molar-refractivity contribution in [3.05, 3.63) is 41.4 Å². The Balaban J connectivity index is 1.79. The van der Waals surface area contributed by atoms with Crippen LogP contribution in [0.25, 0.3) is 0 Å². The molecule has 0 aromatic heterocycles. The third-order valence-electron chi connectivity index (χ3n) is 4.81. The standard InChI is InChI=1S/C18H25/c1-3-9-15(10-4-1)17-13-7-8-14-18(17)16-11-5-2-6-12-16/h1,3,9,11,17H,2,4-8,10,12-14H2. The molecule has 0 aromatic rings. The third kappa shape index (κ3) is 2.63. The van der Waals surface area contributed by atoms with Gasteiger partial charge in [0.25, 0.3) is 0 Å². The van der Waals surface area contributed by atoms with Crippen LogP contribution in [0.5, 0.6) is 0 Å². The Bertz CT molecular complexity index is 369. The van der Waals surface area contributed by atoms with Crippen LogP contribution in [0.4, 0.5) is 0 Å². The van der Waals surface area contributed by atoms with E-state index in [2.05, 4.69) is 24.3 Å². The molecule has 1 unspecified atom stereocenters. The van der Waals surface area contributed by atoms with Gasteiger partial charge < -0.3 is 0 Å². The highest BCUT2D eigenvalue weighted by molar-refractivity contribution is 5.36. The Morgan fingerprint density at radius 3 is 2.61 bits per heavy atom. The molecule has 97 valence electrons. The van der Waals surface area contributed by atoms with Crippen molar-refractivity contribution in [2.75, 3.05) is 0 Å². The van der Waals surface area contributed by atoms with Crippen molar-refractivity contribution in [2.24, 2.45) is 5.92 Å². The molecule has 0 nitrogen and oxygen atoms in total. The summed E-state index contributed by atoms with van der Waals surface area (Å²) < 4.78 is 0. The maximum atomic E-state index is 2.55. The zero-order valence-corrected chi connectivity index (χ0v) is 11.5. The SMILES string of the molecule is C1=CCCC(C2CCCC[C]2C2=CCCCC2)=C1. The van der Waals surface area contributed by atoms with E-state index < -0.39 is 0 Å². The van der Waals surface area contributed by atoms with Gasteiger partial charge in [0.2, 0.25) is 0 Å². The molecule has 0 aromatic carbocycles. The van der Waals surface area contributed by atoms with Gasteiger partial charge in [-0.05, 0) is 57.3 Å². The van der Waals surface area contributed by atoms with Crippen molar-refractivity contribution < 1.29 is 0 Å². The number of hydrogen-bond acceptors (Lipinski definition) is 0. The van der Waals surface area contributed by atoms with Crippen LogP contribution in [-0.4, -0.2) is 0 Å². The molecule has 0 amide bonds. The summed E-state index contributed by atoms with van der Waals surface area (Å²) in [5.41, 5.74) is 3.46. The predicted molar refractivity (Wildman–Crippen MR) is 78.2 cm³/mol. The van der Waals surface area contributed by atoms with Crippen LogP contribution in [0, 0.1) is 11.8 Å². The number of hydrogen-bond donors (Lipinski definition) is 0. The second-order valence-electron chi connectivity index (χ2n) is 6.01. The summed E-state index contributed by atoms with van der Waals surface area (Å²) >= 11 is 0. The fourth-order valence-electron chi connectivity index (χ4n) is 3.85. The fourth-order valence-corrected chi connectivity index (χ4v) is 3.85. The van der Waals surface area contributed by atoms with Crippen molar-refractivity contribution in [2.45, 2.75) is 64.2 Å². The van der Waals surface area contributed by atoms with Crippen molar-refractivity contribution in [3.63, 3.8) is 0 Å². The maximum Gasteiger partial charge on any atom is 0.00766 e. The second-order valence-corrected chi connectivity index (χ2v) is 6.01. The summed E-state index contributed by atoms with van der Waals surface area (Å²) in [5.74, 6) is 2.62. The van der Waals surface area contributed by atoms with E-state index in [0.29, 0.717) is 0 Å². The summed E-state index contributed by atoms with van der Waals surface area (Å²) in [6.45, 7) is 0. The minimum atomic E-state index is 0.799. The minimum absolute atomic E-state index is 0.799. The van der Waals surface area contributed by atoms with Gasteiger partial charge in [-0.15, -0.1) is 0 Å². The largest absolute Gasteiger partial charge is 0.0847 e. The van der Waals surface area contributed by atoms with Crippen LogP contribution in [0.2, 0.25) is 0 Å². The summed E-state index contributed by atoms with van der Waals surface area (Å²) in [6, 6.07) is 0. The lowest BCUT2D eigenvalue weighted by Gasteiger charge is -2.36. The molecule has 3 aliphatic rings. The van der Waals surface area contributed by atoms with Crippen molar-refractivity contribution in [3.8, 4) is 0 Å². The average Bonchev–Trinajstić information content (AvgIpc) is 2.49. The number of rotatable bonds is 2. The van der Waals surface area contributed by atoms with Gasteiger partial charge in [-0.2, -0.15) is 0 Å². The number of allylic oxidation sites excluding steroid dienone is 6. The van der Waals surface area contributed by atoms with Crippen LogP contribution in [0.15, 0.2) is 35.5 Å². The molecule has 1 radical (unpaired) electrons. The Hall–Kier alpha value is -0.780. The van der Waals surface area contributed by atoms with E-state index in [4.69, 9.17) is 0 Å². The van der Waals surface area contributed by atoms with E-state index >= 15 is 0 Å². The molecule has 1 saturated carbocycles. The van der Waals surface area contributed by atoms with Crippen LogP contribution in [0.3, 0.4) is 0 Å². The molecule has 1 atom stereocenters. The maximum absolute atomic E-state index is 2.55. The van der Waals surface area contributed by atoms with Gasteiger partial charge in [-0.3, -0.25) is 0 Å². The lowest BCUT2D eigenvalue weighted by molar-refractivity contribution is 0.431. The van der Waals surface area contributed by atoms with Gasteiger partial charge in [0.15, 0.2) is 0 Å². The molecular weight excluding hydrogens is 216 g/mol. The first kappa shape index (κ1) is 12.3. The summed E-state index contributed by atoms with van der Waals surface area (Å²) in [4.78, 5) is 0. The zero-order chi connectivity index (χ0) is 12.2. The fraction of sp³-hybridized carbons (Fsp3) is 0.611. The highest BCUT2D eigenvalue weighted by atomic mass is 14.3. The molecule has 18 heavy (non-hydrogen) atoms. The van der Waals surface area contributed by atoms with E-state index in [-0.39, 0.29) is 0 Å². The first-order chi connectivity index (χ1) is 8.95. The lowest BCUT2D eigenvalue weighted by atomic mass is 9.68. The first-order valence-electron chi connectivity index (χ1n) is 7.86. The van der Waals surface area contributed by atoms with E-state index in [1.54, 1.807) is 11.1 Å².